The van der Waals surface area contributed by atoms with Crippen molar-refractivity contribution in [2.45, 2.75) is 5.38 Å². The smallest absolute Gasteiger partial charge is 0.123 e. The average molecular weight is 285 g/mol. The zero-order chi connectivity index (χ0) is 13.1. The molecule has 2 rings (SSSR count). The van der Waals surface area contributed by atoms with E-state index in [0.29, 0.717) is 10.8 Å². The zero-order valence-corrected chi connectivity index (χ0v) is 11.2. The first-order chi connectivity index (χ1) is 8.61. The van der Waals surface area contributed by atoms with Crippen LogP contribution < -0.4 is 4.74 Å². The molecule has 0 aliphatic rings. The molecule has 94 valence electrons. The Bertz CT molecular complexity index is 540. The molecule has 2 aromatic rings. The van der Waals surface area contributed by atoms with Crippen molar-refractivity contribution < 1.29 is 9.13 Å². The summed E-state index contributed by atoms with van der Waals surface area (Å²) in [4.78, 5) is 0. The van der Waals surface area contributed by atoms with Crippen molar-refractivity contribution in [2.24, 2.45) is 0 Å². The highest BCUT2D eigenvalue weighted by Gasteiger charge is 2.16. The fraction of sp³-hybridized carbons (Fsp3) is 0.143. The molecule has 0 spiro atoms. The second kappa shape index (κ2) is 5.59. The van der Waals surface area contributed by atoms with Crippen LogP contribution in [0.5, 0.6) is 5.75 Å². The lowest BCUT2D eigenvalue weighted by atomic mass is 10.0. The topological polar surface area (TPSA) is 9.23 Å². The van der Waals surface area contributed by atoms with Gasteiger partial charge in [0.25, 0.3) is 0 Å². The Morgan fingerprint density at radius 3 is 2.39 bits per heavy atom. The van der Waals surface area contributed by atoms with Crippen molar-refractivity contribution in [3.05, 3.63) is 64.4 Å². The number of benzene rings is 2. The first-order valence-corrected chi connectivity index (χ1v) is 6.16. The van der Waals surface area contributed by atoms with Crippen molar-refractivity contribution in [2.75, 3.05) is 7.11 Å². The van der Waals surface area contributed by atoms with Crippen LogP contribution in [0, 0.1) is 5.82 Å². The van der Waals surface area contributed by atoms with Crippen molar-refractivity contribution in [3.8, 4) is 5.75 Å². The molecule has 0 saturated carbocycles. The summed E-state index contributed by atoms with van der Waals surface area (Å²) in [6.07, 6.45) is 0. The molecule has 1 atom stereocenters. The van der Waals surface area contributed by atoms with E-state index in [1.807, 2.05) is 0 Å². The van der Waals surface area contributed by atoms with E-state index in [1.165, 1.54) is 12.1 Å². The third kappa shape index (κ3) is 2.77. The lowest BCUT2D eigenvalue weighted by Gasteiger charge is -2.14. The molecule has 0 amide bonds. The minimum absolute atomic E-state index is 0.291. The van der Waals surface area contributed by atoms with E-state index in [9.17, 15) is 4.39 Å². The number of alkyl halides is 1. The number of ether oxygens (including phenoxy) is 1. The van der Waals surface area contributed by atoms with Gasteiger partial charge >= 0.3 is 0 Å². The van der Waals surface area contributed by atoms with Gasteiger partial charge < -0.3 is 4.74 Å². The Morgan fingerprint density at radius 1 is 1.11 bits per heavy atom. The number of methoxy groups -OCH3 is 1. The Morgan fingerprint density at radius 2 is 1.78 bits per heavy atom. The van der Waals surface area contributed by atoms with E-state index in [1.54, 1.807) is 37.4 Å². The van der Waals surface area contributed by atoms with Crippen LogP contribution in [-0.2, 0) is 0 Å². The molecule has 4 heteroatoms. The van der Waals surface area contributed by atoms with Crippen LogP contribution in [0.2, 0.25) is 5.02 Å². The van der Waals surface area contributed by atoms with Crippen molar-refractivity contribution in [3.63, 3.8) is 0 Å². The van der Waals surface area contributed by atoms with Gasteiger partial charge in [-0.3, -0.25) is 0 Å². The molecule has 0 saturated heterocycles. The molecule has 0 N–H and O–H groups in total. The molecule has 0 radical (unpaired) electrons. The minimum Gasteiger partial charge on any atom is -0.496 e. The van der Waals surface area contributed by atoms with Crippen LogP contribution >= 0.6 is 23.2 Å². The fourth-order valence-corrected chi connectivity index (χ4v) is 2.21. The normalized spacial score (nSPS) is 12.2. The summed E-state index contributed by atoms with van der Waals surface area (Å²) in [6.45, 7) is 0. The lowest BCUT2D eigenvalue weighted by molar-refractivity contribution is 0.410. The Labute approximate surface area is 115 Å². The monoisotopic (exact) mass is 284 g/mol. The molecule has 2 aromatic carbocycles. The van der Waals surface area contributed by atoms with E-state index >= 15 is 0 Å². The molecule has 0 aliphatic carbocycles. The van der Waals surface area contributed by atoms with E-state index in [0.717, 1.165) is 11.1 Å². The number of hydrogen-bond donors (Lipinski definition) is 0. The molecule has 0 bridgehead atoms. The summed E-state index contributed by atoms with van der Waals surface area (Å²) in [7, 11) is 1.57. The first-order valence-electron chi connectivity index (χ1n) is 5.35. The summed E-state index contributed by atoms with van der Waals surface area (Å²) in [5.41, 5.74) is 1.55. The van der Waals surface area contributed by atoms with Gasteiger partial charge in [-0.05, 0) is 35.9 Å². The summed E-state index contributed by atoms with van der Waals surface area (Å²) in [5.74, 6) is 0.365. The first kappa shape index (κ1) is 13.2. The van der Waals surface area contributed by atoms with Gasteiger partial charge in [0.05, 0.1) is 12.5 Å². The Hall–Kier alpha value is -1.25. The fourth-order valence-electron chi connectivity index (χ4n) is 1.71. The van der Waals surface area contributed by atoms with Gasteiger partial charge in [-0.15, -0.1) is 11.6 Å². The molecule has 18 heavy (non-hydrogen) atoms. The van der Waals surface area contributed by atoms with E-state index in [2.05, 4.69) is 0 Å². The molecule has 0 fully saturated rings. The van der Waals surface area contributed by atoms with Gasteiger partial charge in [0.1, 0.15) is 11.6 Å². The quantitative estimate of drug-likeness (QED) is 0.735. The second-order valence-corrected chi connectivity index (χ2v) is 4.67. The standard InChI is InChI=1S/C14H11Cl2FO/c1-18-13-7-4-10(15)8-12(13)14(16)9-2-5-11(17)6-3-9/h2-8,14H,1H3. The van der Waals surface area contributed by atoms with Gasteiger partial charge in [-0.25, -0.2) is 4.39 Å². The predicted molar refractivity (Wildman–Crippen MR) is 72.1 cm³/mol. The molecular weight excluding hydrogens is 274 g/mol. The van der Waals surface area contributed by atoms with E-state index < -0.39 is 5.38 Å². The largest absolute Gasteiger partial charge is 0.496 e. The highest BCUT2D eigenvalue weighted by molar-refractivity contribution is 6.31. The summed E-state index contributed by atoms with van der Waals surface area (Å²) >= 11 is 12.3. The van der Waals surface area contributed by atoms with Gasteiger partial charge in [-0.1, -0.05) is 23.7 Å². The summed E-state index contributed by atoms with van der Waals surface area (Å²) in [6, 6.07) is 11.3. The van der Waals surface area contributed by atoms with Gasteiger partial charge in [0.15, 0.2) is 0 Å². The molecule has 1 unspecified atom stereocenters. The molecule has 1 nitrogen and oxygen atoms in total. The van der Waals surface area contributed by atoms with Crippen molar-refractivity contribution in [1.82, 2.24) is 0 Å². The Balaban J connectivity index is 2.41. The van der Waals surface area contributed by atoms with Gasteiger partial charge in [0.2, 0.25) is 0 Å². The van der Waals surface area contributed by atoms with Crippen molar-refractivity contribution >= 4 is 23.2 Å². The maximum Gasteiger partial charge on any atom is 0.123 e. The van der Waals surface area contributed by atoms with Crippen LogP contribution in [0.25, 0.3) is 0 Å². The van der Waals surface area contributed by atoms with E-state index in [-0.39, 0.29) is 5.82 Å². The maximum absolute atomic E-state index is 12.9. The highest BCUT2D eigenvalue weighted by atomic mass is 35.5. The molecule has 0 heterocycles. The lowest BCUT2D eigenvalue weighted by Crippen LogP contribution is -1.97. The molecule has 0 aromatic heterocycles. The predicted octanol–water partition coefficient (Wildman–Crippen LogP) is 4.82. The van der Waals surface area contributed by atoms with Gasteiger partial charge in [0, 0.05) is 10.6 Å². The molecule has 0 aliphatic heterocycles. The highest BCUT2D eigenvalue weighted by Crippen LogP contribution is 2.36. The number of halogens is 3. The molecular formula is C14H11Cl2FO. The number of hydrogen-bond acceptors (Lipinski definition) is 1. The third-order valence-electron chi connectivity index (χ3n) is 2.63. The van der Waals surface area contributed by atoms with Gasteiger partial charge in [-0.2, -0.15) is 0 Å². The summed E-state index contributed by atoms with van der Waals surface area (Å²) < 4.78 is 18.1. The summed E-state index contributed by atoms with van der Waals surface area (Å²) in [5, 5.41) is 0.151. The van der Waals surface area contributed by atoms with Crippen LogP contribution in [-0.4, -0.2) is 7.11 Å². The maximum atomic E-state index is 12.9. The minimum atomic E-state index is -0.431. The van der Waals surface area contributed by atoms with Crippen LogP contribution in [0.1, 0.15) is 16.5 Å². The van der Waals surface area contributed by atoms with Crippen LogP contribution in [0.3, 0.4) is 0 Å². The Kier molecular flexibility index (Phi) is 4.10. The third-order valence-corrected chi connectivity index (χ3v) is 3.35. The van der Waals surface area contributed by atoms with Crippen LogP contribution in [0.4, 0.5) is 4.39 Å². The van der Waals surface area contributed by atoms with Crippen LogP contribution in [0.15, 0.2) is 42.5 Å². The number of rotatable bonds is 3. The second-order valence-electron chi connectivity index (χ2n) is 3.80. The SMILES string of the molecule is COc1ccc(Cl)cc1C(Cl)c1ccc(F)cc1. The average Bonchev–Trinajstić information content (AvgIpc) is 2.39. The van der Waals surface area contributed by atoms with E-state index in [4.69, 9.17) is 27.9 Å². The zero-order valence-electron chi connectivity index (χ0n) is 9.66. The van der Waals surface area contributed by atoms with Crippen molar-refractivity contribution in [1.29, 1.82) is 0 Å².